The van der Waals surface area contributed by atoms with Gasteiger partial charge in [0.25, 0.3) is 0 Å². The second kappa shape index (κ2) is 8.23. The molecular weight excluding hydrogens is 358 g/mol. The van der Waals surface area contributed by atoms with Gasteiger partial charge >= 0.3 is 6.09 Å². The Kier molecular flexibility index (Phi) is 5.94. The Morgan fingerprint density at radius 2 is 1.93 bits per heavy atom. The molecule has 0 aromatic carbocycles. The summed E-state index contributed by atoms with van der Waals surface area (Å²) in [6.45, 7) is 9.94. The van der Waals surface area contributed by atoms with Gasteiger partial charge in [0.15, 0.2) is 0 Å². The third-order valence-corrected chi connectivity index (χ3v) is 4.83. The smallest absolute Gasteiger partial charge is 0.410 e. The van der Waals surface area contributed by atoms with Gasteiger partial charge < -0.3 is 24.2 Å². The largest absolute Gasteiger partial charge is 0.473 e. The number of nitriles is 1. The highest BCUT2D eigenvalue weighted by Crippen LogP contribution is 2.25. The fraction of sp³-hybridized carbons (Fsp3) is 0.650. The number of nitrogens with zero attached hydrogens (tertiary/aromatic N) is 5. The molecule has 2 aliphatic heterocycles. The Morgan fingerprint density at radius 3 is 2.50 bits per heavy atom. The van der Waals surface area contributed by atoms with Crippen LogP contribution in [0.4, 0.5) is 10.5 Å². The summed E-state index contributed by atoms with van der Waals surface area (Å²) in [7, 11) is 2.07. The summed E-state index contributed by atoms with van der Waals surface area (Å²) < 4.78 is 11.5. The molecule has 1 atom stereocenters. The molecule has 1 amide bonds. The molecule has 2 saturated heterocycles. The zero-order chi connectivity index (χ0) is 20.3. The number of pyridine rings is 1. The van der Waals surface area contributed by atoms with Crippen molar-refractivity contribution < 1.29 is 14.3 Å². The highest BCUT2D eigenvalue weighted by molar-refractivity contribution is 5.68. The van der Waals surface area contributed by atoms with Crippen LogP contribution in [0.15, 0.2) is 12.1 Å². The van der Waals surface area contributed by atoms with E-state index in [1.807, 2.05) is 26.8 Å². The lowest BCUT2D eigenvalue weighted by Crippen LogP contribution is -2.50. The third kappa shape index (κ3) is 5.26. The van der Waals surface area contributed by atoms with Crippen molar-refractivity contribution in [3.8, 4) is 11.9 Å². The Labute approximate surface area is 166 Å². The fourth-order valence-electron chi connectivity index (χ4n) is 3.43. The van der Waals surface area contributed by atoms with E-state index < -0.39 is 5.60 Å². The Morgan fingerprint density at radius 1 is 1.21 bits per heavy atom. The van der Waals surface area contributed by atoms with Crippen LogP contribution >= 0.6 is 0 Å². The molecular formula is C20H29N5O3. The molecule has 3 rings (SSSR count). The molecule has 0 aliphatic carbocycles. The number of hydrogen-bond acceptors (Lipinski definition) is 7. The lowest BCUT2D eigenvalue weighted by atomic mass is 10.2. The lowest BCUT2D eigenvalue weighted by molar-refractivity contribution is 0.0240. The molecule has 0 radical (unpaired) electrons. The van der Waals surface area contributed by atoms with Crippen LogP contribution in [-0.2, 0) is 4.74 Å². The molecule has 2 fully saturated rings. The van der Waals surface area contributed by atoms with Gasteiger partial charge in [0.1, 0.15) is 23.5 Å². The number of rotatable bonds is 3. The summed E-state index contributed by atoms with van der Waals surface area (Å²) in [5.41, 5.74) is 0.742. The molecule has 1 aromatic rings. The van der Waals surface area contributed by atoms with Crippen molar-refractivity contribution in [2.24, 2.45) is 0 Å². The summed E-state index contributed by atoms with van der Waals surface area (Å²) in [4.78, 5) is 22.6. The van der Waals surface area contributed by atoms with E-state index in [1.165, 1.54) is 0 Å². The number of aromatic nitrogens is 1. The molecule has 0 saturated carbocycles. The van der Waals surface area contributed by atoms with Crippen molar-refractivity contribution in [3.05, 3.63) is 17.8 Å². The van der Waals surface area contributed by atoms with E-state index in [0.717, 1.165) is 25.2 Å². The molecule has 3 heterocycles. The second-order valence-corrected chi connectivity index (χ2v) is 8.41. The molecule has 2 aliphatic rings. The molecule has 0 N–H and O–H groups in total. The van der Waals surface area contributed by atoms with Crippen LogP contribution in [0, 0.1) is 11.3 Å². The van der Waals surface area contributed by atoms with Gasteiger partial charge in [-0.25, -0.2) is 9.78 Å². The number of carbonyl (C=O) groups is 1. The fourth-order valence-corrected chi connectivity index (χ4v) is 3.43. The van der Waals surface area contributed by atoms with E-state index in [2.05, 4.69) is 27.9 Å². The minimum absolute atomic E-state index is 0.100. The number of likely N-dealkylation sites (N-methyl/N-ethyl adjacent to an activating group) is 1. The van der Waals surface area contributed by atoms with Gasteiger partial charge in [0.05, 0.1) is 0 Å². The predicted octanol–water partition coefficient (Wildman–Crippen LogP) is 2.09. The number of ether oxygens (including phenoxy) is 2. The average Bonchev–Trinajstić information content (AvgIpc) is 3.04. The van der Waals surface area contributed by atoms with E-state index in [1.54, 1.807) is 11.0 Å². The molecule has 8 nitrogen and oxygen atoms in total. The second-order valence-electron chi connectivity index (χ2n) is 8.41. The number of anilines is 1. The zero-order valence-electron chi connectivity index (χ0n) is 17.1. The van der Waals surface area contributed by atoms with E-state index in [4.69, 9.17) is 9.47 Å². The normalized spacial score (nSPS) is 20.8. The van der Waals surface area contributed by atoms with Crippen LogP contribution in [-0.4, -0.2) is 78.9 Å². The maximum absolute atomic E-state index is 12.2. The van der Waals surface area contributed by atoms with Gasteiger partial charge in [-0.1, -0.05) is 0 Å². The summed E-state index contributed by atoms with van der Waals surface area (Å²) in [6.07, 6.45) is 0.774. The highest BCUT2D eigenvalue weighted by atomic mass is 16.6. The highest BCUT2D eigenvalue weighted by Gasteiger charge is 2.27. The Hall–Kier alpha value is -2.53. The first-order valence-corrected chi connectivity index (χ1v) is 9.74. The van der Waals surface area contributed by atoms with Gasteiger partial charge in [0, 0.05) is 51.0 Å². The first-order chi connectivity index (χ1) is 13.2. The number of hydrogen-bond donors (Lipinski definition) is 0. The topological polar surface area (TPSA) is 81.9 Å². The number of carbonyl (C=O) groups excluding carboxylic acids is 1. The average molecular weight is 387 g/mol. The summed E-state index contributed by atoms with van der Waals surface area (Å²) >= 11 is 0. The van der Waals surface area contributed by atoms with Crippen molar-refractivity contribution >= 4 is 11.8 Å². The van der Waals surface area contributed by atoms with Crippen molar-refractivity contribution in [1.82, 2.24) is 14.8 Å². The molecule has 1 aromatic heterocycles. The maximum atomic E-state index is 12.2. The number of piperazine rings is 1. The van der Waals surface area contributed by atoms with Gasteiger partial charge in [-0.05, 0) is 40.3 Å². The summed E-state index contributed by atoms with van der Waals surface area (Å²) in [6, 6.07) is 5.79. The first kappa shape index (κ1) is 20.2. The summed E-state index contributed by atoms with van der Waals surface area (Å²) in [5, 5.41) is 9.35. The Balaban J connectivity index is 1.64. The van der Waals surface area contributed by atoms with Crippen LogP contribution in [0.3, 0.4) is 0 Å². The summed E-state index contributed by atoms with van der Waals surface area (Å²) in [5.74, 6) is 0.490. The molecule has 0 spiro atoms. The van der Waals surface area contributed by atoms with Crippen LogP contribution < -0.4 is 9.64 Å². The van der Waals surface area contributed by atoms with Crippen LogP contribution in [0.5, 0.6) is 5.88 Å². The third-order valence-electron chi connectivity index (χ3n) is 4.83. The van der Waals surface area contributed by atoms with Crippen molar-refractivity contribution in [1.29, 1.82) is 5.26 Å². The Bertz CT molecular complexity index is 747. The van der Waals surface area contributed by atoms with E-state index in [-0.39, 0.29) is 12.2 Å². The van der Waals surface area contributed by atoms with Gasteiger partial charge in [-0.2, -0.15) is 5.26 Å². The minimum Gasteiger partial charge on any atom is -0.473 e. The van der Waals surface area contributed by atoms with Gasteiger partial charge in [-0.3, -0.25) is 0 Å². The zero-order valence-corrected chi connectivity index (χ0v) is 17.1. The molecule has 8 heteroatoms. The standard InChI is InChI=1S/C20H29N5O3/c1-20(2,3)28-19(26)25-9-7-24(8-10-25)16-11-15(13-21)22-18(12-16)27-17-5-6-23(4)14-17/h11-12,17H,5-10,14H2,1-4H3/t17-/m1/s1. The van der Waals surface area contributed by atoms with Gasteiger partial charge in [-0.15, -0.1) is 0 Å². The first-order valence-electron chi connectivity index (χ1n) is 9.74. The maximum Gasteiger partial charge on any atom is 0.410 e. The van der Waals surface area contributed by atoms with Crippen molar-refractivity contribution in [2.45, 2.75) is 38.9 Å². The quantitative estimate of drug-likeness (QED) is 0.785. The van der Waals surface area contributed by atoms with E-state index >= 15 is 0 Å². The van der Waals surface area contributed by atoms with Crippen molar-refractivity contribution in [2.75, 3.05) is 51.2 Å². The SMILES string of the molecule is CN1CC[C@@H](Oc2cc(N3CCN(C(=O)OC(C)(C)C)CC3)cc(C#N)n2)C1. The molecule has 0 unspecified atom stereocenters. The molecule has 0 bridgehead atoms. The van der Waals surface area contributed by atoms with Crippen LogP contribution in [0.25, 0.3) is 0 Å². The molecule has 152 valence electrons. The lowest BCUT2D eigenvalue weighted by Gasteiger charge is -2.36. The monoisotopic (exact) mass is 387 g/mol. The number of likely N-dealkylation sites (tertiary alicyclic amines) is 1. The number of amides is 1. The van der Waals surface area contributed by atoms with E-state index in [9.17, 15) is 10.1 Å². The minimum atomic E-state index is -0.498. The van der Waals surface area contributed by atoms with Crippen LogP contribution in [0.1, 0.15) is 32.9 Å². The predicted molar refractivity (Wildman–Crippen MR) is 106 cm³/mol. The van der Waals surface area contributed by atoms with Crippen molar-refractivity contribution in [3.63, 3.8) is 0 Å². The van der Waals surface area contributed by atoms with Gasteiger partial charge in [0.2, 0.25) is 5.88 Å². The van der Waals surface area contributed by atoms with E-state index in [0.29, 0.717) is 37.8 Å². The molecule has 28 heavy (non-hydrogen) atoms. The van der Waals surface area contributed by atoms with Crippen LogP contribution in [0.2, 0.25) is 0 Å².